The highest BCUT2D eigenvalue weighted by Gasteiger charge is 2.24. The molecule has 132 valence electrons. The number of carbonyl (C=O) groups is 3. The third kappa shape index (κ3) is 6.57. The molecule has 0 heterocycles. The summed E-state index contributed by atoms with van der Waals surface area (Å²) < 4.78 is 13.5. The number of hydrogen-bond donors (Lipinski definition) is 2. The van der Waals surface area contributed by atoms with E-state index in [1.54, 1.807) is 18.2 Å². The summed E-state index contributed by atoms with van der Waals surface area (Å²) >= 11 is 1.20. The molecule has 1 aromatic carbocycles. The van der Waals surface area contributed by atoms with Gasteiger partial charge in [-0.3, -0.25) is 9.59 Å². The number of hydrogen-bond acceptors (Lipinski definition) is 4. The number of amides is 2. The third-order valence-electron chi connectivity index (χ3n) is 3.28. The molecule has 1 rings (SSSR count). The monoisotopic (exact) mass is 356 g/mol. The van der Waals surface area contributed by atoms with Gasteiger partial charge in [0.25, 0.3) is 0 Å². The van der Waals surface area contributed by atoms with Crippen LogP contribution in [0.1, 0.15) is 20.3 Å². The van der Waals surface area contributed by atoms with Crippen molar-refractivity contribution in [2.24, 2.45) is 0 Å². The average Bonchev–Trinajstić information content (AvgIpc) is 2.52. The number of carboxylic acids is 1. The van der Waals surface area contributed by atoms with E-state index in [9.17, 15) is 18.8 Å². The van der Waals surface area contributed by atoms with Crippen LogP contribution in [0.5, 0.6) is 0 Å². The average molecular weight is 356 g/mol. The SMILES string of the molecule is CC(=O)NCCN(C(=O)CCSc1ccccc1F)C(C)C(=O)O. The predicted molar refractivity (Wildman–Crippen MR) is 89.2 cm³/mol. The molecule has 0 spiro atoms. The van der Waals surface area contributed by atoms with Crippen LogP contribution in [-0.4, -0.2) is 52.7 Å². The van der Waals surface area contributed by atoms with Crippen LogP contribution in [0.25, 0.3) is 0 Å². The Bertz CT molecular complexity index is 597. The van der Waals surface area contributed by atoms with E-state index in [0.29, 0.717) is 10.6 Å². The zero-order valence-electron chi connectivity index (χ0n) is 13.6. The molecular formula is C16H21FN2O4S. The van der Waals surface area contributed by atoms with Crippen LogP contribution in [0.15, 0.2) is 29.2 Å². The van der Waals surface area contributed by atoms with Gasteiger partial charge in [0.05, 0.1) is 0 Å². The van der Waals surface area contributed by atoms with E-state index in [1.165, 1.54) is 36.6 Å². The minimum atomic E-state index is -1.12. The Labute approximate surface area is 144 Å². The molecule has 0 bridgehead atoms. The smallest absolute Gasteiger partial charge is 0.326 e. The van der Waals surface area contributed by atoms with Crippen LogP contribution >= 0.6 is 11.8 Å². The first-order valence-electron chi connectivity index (χ1n) is 7.47. The fourth-order valence-corrected chi connectivity index (χ4v) is 2.85. The fraction of sp³-hybridized carbons (Fsp3) is 0.438. The molecule has 1 unspecified atom stereocenters. The molecule has 1 aromatic rings. The third-order valence-corrected chi connectivity index (χ3v) is 4.33. The molecule has 0 saturated heterocycles. The molecule has 0 radical (unpaired) electrons. The first-order valence-corrected chi connectivity index (χ1v) is 8.45. The molecule has 2 amide bonds. The summed E-state index contributed by atoms with van der Waals surface area (Å²) in [5, 5.41) is 11.6. The molecule has 6 nitrogen and oxygen atoms in total. The summed E-state index contributed by atoms with van der Waals surface area (Å²) in [6, 6.07) is 5.27. The van der Waals surface area contributed by atoms with Crippen LogP contribution in [0, 0.1) is 5.82 Å². The molecule has 1 atom stereocenters. The van der Waals surface area contributed by atoms with E-state index in [1.807, 2.05) is 0 Å². The van der Waals surface area contributed by atoms with Crippen LogP contribution in [0.2, 0.25) is 0 Å². The first kappa shape index (κ1) is 20.0. The summed E-state index contributed by atoms with van der Waals surface area (Å²) in [5.74, 6) is -1.73. The minimum Gasteiger partial charge on any atom is -0.480 e. The van der Waals surface area contributed by atoms with Gasteiger partial charge in [-0.25, -0.2) is 9.18 Å². The topological polar surface area (TPSA) is 86.7 Å². The second-order valence-electron chi connectivity index (χ2n) is 5.11. The van der Waals surface area contributed by atoms with E-state index in [4.69, 9.17) is 5.11 Å². The second kappa shape index (κ2) is 9.92. The number of aliphatic carboxylic acids is 1. The van der Waals surface area contributed by atoms with Gasteiger partial charge >= 0.3 is 5.97 Å². The Morgan fingerprint density at radius 2 is 2.00 bits per heavy atom. The van der Waals surface area contributed by atoms with Crippen molar-refractivity contribution >= 4 is 29.5 Å². The lowest BCUT2D eigenvalue weighted by Crippen LogP contribution is -2.46. The zero-order valence-corrected chi connectivity index (χ0v) is 14.4. The molecule has 0 aromatic heterocycles. The lowest BCUT2D eigenvalue weighted by molar-refractivity contribution is -0.149. The van der Waals surface area contributed by atoms with Gasteiger partial charge in [0.2, 0.25) is 11.8 Å². The van der Waals surface area contributed by atoms with Crippen molar-refractivity contribution in [3.63, 3.8) is 0 Å². The molecule has 0 saturated carbocycles. The van der Waals surface area contributed by atoms with E-state index in [2.05, 4.69) is 5.32 Å². The second-order valence-corrected chi connectivity index (χ2v) is 6.25. The highest BCUT2D eigenvalue weighted by Crippen LogP contribution is 2.22. The van der Waals surface area contributed by atoms with Crippen molar-refractivity contribution in [1.29, 1.82) is 0 Å². The fourth-order valence-electron chi connectivity index (χ4n) is 1.97. The van der Waals surface area contributed by atoms with Gasteiger partial charge in [-0.05, 0) is 19.1 Å². The van der Waals surface area contributed by atoms with Crippen LogP contribution in [-0.2, 0) is 14.4 Å². The van der Waals surface area contributed by atoms with Gasteiger partial charge in [-0.2, -0.15) is 0 Å². The van der Waals surface area contributed by atoms with Crippen LogP contribution in [0.3, 0.4) is 0 Å². The summed E-state index contributed by atoms with van der Waals surface area (Å²) in [5.41, 5.74) is 0. The van der Waals surface area contributed by atoms with Gasteiger partial charge in [0.1, 0.15) is 11.9 Å². The van der Waals surface area contributed by atoms with Gasteiger partial charge in [0.15, 0.2) is 0 Å². The van der Waals surface area contributed by atoms with Crippen LogP contribution < -0.4 is 5.32 Å². The van der Waals surface area contributed by atoms with Gasteiger partial charge in [0, 0.05) is 37.1 Å². The van der Waals surface area contributed by atoms with Crippen LogP contribution in [0.4, 0.5) is 4.39 Å². The minimum absolute atomic E-state index is 0.0801. The highest BCUT2D eigenvalue weighted by molar-refractivity contribution is 7.99. The Kier molecular flexibility index (Phi) is 8.25. The van der Waals surface area contributed by atoms with Crippen molar-refractivity contribution in [2.75, 3.05) is 18.8 Å². The molecule has 0 fully saturated rings. The number of benzene rings is 1. The standard InChI is InChI=1S/C16H21FN2O4S/c1-11(16(22)23)19(9-8-18-12(2)20)15(21)7-10-24-14-6-4-3-5-13(14)17/h3-6,11H,7-10H2,1-2H3,(H,18,20)(H,22,23). The Balaban J connectivity index is 2.58. The van der Waals surface area contributed by atoms with Crippen molar-refractivity contribution in [3.8, 4) is 0 Å². The van der Waals surface area contributed by atoms with E-state index >= 15 is 0 Å². The number of carboxylic acid groups (broad SMARTS) is 1. The molecule has 2 N–H and O–H groups in total. The van der Waals surface area contributed by atoms with Crippen molar-refractivity contribution in [1.82, 2.24) is 10.2 Å². The largest absolute Gasteiger partial charge is 0.480 e. The quantitative estimate of drug-likeness (QED) is 0.658. The summed E-state index contributed by atoms with van der Waals surface area (Å²) in [7, 11) is 0. The van der Waals surface area contributed by atoms with Crippen molar-refractivity contribution in [2.45, 2.75) is 31.2 Å². The molecule has 0 aliphatic carbocycles. The molecule has 0 aliphatic rings. The van der Waals surface area contributed by atoms with E-state index in [-0.39, 0.29) is 37.1 Å². The normalized spacial score (nSPS) is 11.6. The molecular weight excluding hydrogens is 335 g/mol. The lowest BCUT2D eigenvalue weighted by Gasteiger charge is -2.26. The van der Waals surface area contributed by atoms with E-state index < -0.39 is 12.0 Å². The maximum atomic E-state index is 13.5. The Morgan fingerprint density at radius 1 is 1.33 bits per heavy atom. The maximum absolute atomic E-state index is 13.5. The Morgan fingerprint density at radius 3 is 2.58 bits per heavy atom. The summed E-state index contributed by atoms with van der Waals surface area (Å²) in [6.45, 7) is 3.05. The maximum Gasteiger partial charge on any atom is 0.326 e. The predicted octanol–water partition coefficient (Wildman–Crippen LogP) is 1.75. The first-order chi connectivity index (χ1) is 11.3. The van der Waals surface area contributed by atoms with Gasteiger partial charge < -0.3 is 15.3 Å². The number of nitrogens with one attached hydrogen (secondary N) is 1. The summed E-state index contributed by atoms with van der Waals surface area (Å²) in [4.78, 5) is 36.0. The van der Waals surface area contributed by atoms with E-state index in [0.717, 1.165) is 0 Å². The molecule has 0 aliphatic heterocycles. The number of nitrogens with zero attached hydrogens (tertiary/aromatic N) is 1. The van der Waals surface area contributed by atoms with Gasteiger partial charge in [-0.1, -0.05) is 12.1 Å². The van der Waals surface area contributed by atoms with Crippen molar-refractivity contribution < 1.29 is 23.9 Å². The highest BCUT2D eigenvalue weighted by atomic mass is 32.2. The number of carbonyl (C=O) groups excluding carboxylic acids is 2. The summed E-state index contributed by atoms with van der Waals surface area (Å²) in [6.07, 6.45) is 0.0801. The number of rotatable bonds is 9. The number of halogens is 1. The van der Waals surface area contributed by atoms with Crippen molar-refractivity contribution in [3.05, 3.63) is 30.1 Å². The zero-order chi connectivity index (χ0) is 18.1. The Hall–Kier alpha value is -2.09. The lowest BCUT2D eigenvalue weighted by atomic mass is 10.2. The van der Waals surface area contributed by atoms with Gasteiger partial charge in [-0.15, -0.1) is 11.8 Å². The molecule has 8 heteroatoms. The molecule has 24 heavy (non-hydrogen) atoms. The number of thioether (sulfide) groups is 1.